The average molecular weight is 349 g/mol. The van der Waals surface area contributed by atoms with E-state index in [4.69, 9.17) is 9.47 Å². The Morgan fingerprint density at radius 3 is 2.43 bits per heavy atom. The monoisotopic (exact) mass is 348 g/mol. The first-order valence-corrected chi connectivity index (χ1v) is 7.58. The Morgan fingerprint density at radius 1 is 1.10 bits per heavy atom. The third kappa shape index (κ3) is 4.41. The molecule has 0 fully saturated rings. The smallest absolute Gasteiger partial charge is 0.339 e. The molecular formula is C17H17BrO3. The molecule has 0 aliphatic heterocycles. The molecule has 2 aromatic carbocycles. The minimum atomic E-state index is -0.710. The molecule has 21 heavy (non-hydrogen) atoms. The first-order chi connectivity index (χ1) is 10.2. The molecule has 110 valence electrons. The summed E-state index contributed by atoms with van der Waals surface area (Å²) in [4.78, 5) is 12.1. The summed E-state index contributed by atoms with van der Waals surface area (Å²) in [5.74, 6) is -0.365. The molecule has 0 bridgehead atoms. The highest BCUT2D eigenvalue weighted by molar-refractivity contribution is 9.10. The van der Waals surface area contributed by atoms with Gasteiger partial charge in [0, 0.05) is 4.47 Å². The van der Waals surface area contributed by atoms with Crippen molar-refractivity contribution < 1.29 is 14.3 Å². The maximum absolute atomic E-state index is 12.1. The van der Waals surface area contributed by atoms with E-state index in [0.717, 1.165) is 15.6 Å². The van der Waals surface area contributed by atoms with E-state index in [1.807, 2.05) is 54.6 Å². The van der Waals surface area contributed by atoms with E-state index < -0.39 is 6.10 Å². The van der Waals surface area contributed by atoms with Gasteiger partial charge in [0.2, 0.25) is 0 Å². The van der Waals surface area contributed by atoms with E-state index in [0.29, 0.717) is 13.2 Å². The third-order valence-electron chi connectivity index (χ3n) is 2.97. The van der Waals surface area contributed by atoms with Gasteiger partial charge in [0.15, 0.2) is 6.10 Å². The molecule has 2 aromatic rings. The molecule has 0 spiro atoms. The Morgan fingerprint density at radius 2 is 1.76 bits per heavy atom. The summed E-state index contributed by atoms with van der Waals surface area (Å²) in [5.41, 5.74) is 1.78. The number of hydrogen-bond donors (Lipinski definition) is 0. The fourth-order valence-electron chi connectivity index (χ4n) is 1.93. The summed E-state index contributed by atoms with van der Waals surface area (Å²) in [6, 6.07) is 17.2. The van der Waals surface area contributed by atoms with Crippen molar-refractivity contribution in [3.8, 4) is 0 Å². The molecule has 0 saturated heterocycles. The second-order valence-corrected chi connectivity index (χ2v) is 5.30. The Balaban J connectivity index is 2.13. The number of esters is 1. The van der Waals surface area contributed by atoms with E-state index in [1.54, 1.807) is 6.92 Å². The van der Waals surface area contributed by atoms with Crippen LogP contribution in [0.1, 0.15) is 24.2 Å². The molecule has 0 amide bonds. The van der Waals surface area contributed by atoms with Crippen LogP contribution in [-0.4, -0.2) is 12.6 Å². The van der Waals surface area contributed by atoms with Gasteiger partial charge in [0.05, 0.1) is 13.2 Å². The number of benzene rings is 2. The normalized spacial score (nSPS) is 11.9. The highest BCUT2D eigenvalue weighted by Gasteiger charge is 2.22. The van der Waals surface area contributed by atoms with Gasteiger partial charge >= 0.3 is 5.97 Å². The van der Waals surface area contributed by atoms with Crippen molar-refractivity contribution in [3.63, 3.8) is 0 Å². The molecule has 0 aliphatic carbocycles. The van der Waals surface area contributed by atoms with E-state index in [1.165, 1.54) is 0 Å². The zero-order chi connectivity index (χ0) is 15.1. The summed E-state index contributed by atoms with van der Waals surface area (Å²) in [6.07, 6.45) is -0.710. The lowest BCUT2D eigenvalue weighted by molar-refractivity contribution is -0.158. The molecule has 0 radical (unpaired) electrons. The highest BCUT2D eigenvalue weighted by Crippen LogP contribution is 2.23. The molecule has 0 heterocycles. The molecule has 3 nitrogen and oxygen atoms in total. The quantitative estimate of drug-likeness (QED) is 0.731. The predicted octanol–water partition coefficient (Wildman–Crippen LogP) is 4.27. The van der Waals surface area contributed by atoms with Crippen LogP contribution in [0.2, 0.25) is 0 Å². The van der Waals surface area contributed by atoms with Gasteiger partial charge in [-0.15, -0.1) is 0 Å². The minimum Gasteiger partial charge on any atom is -0.464 e. The second-order valence-electron chi connectivity index (χ2n) is 4.45. The van der Waals surface area contributed by atoms with Crippen molar-refractivity contribution in [2.45, 2.75) is 19.6 Å². The SMILES string of the molecule is CCOC(=O)C(OCc1ccccc1Br)c1ccccc1. The third-order valence-corrected chi connectivity index (χ3v) is 3.74. The zero-order valence-electron chi connectivity index (χ0n) is 11.8. The number of rotatable bonds is 6. The van der Waals surface area contributed by atoms with Crippen LogP contribution < -0.4 is 0 Å². The van der Waals surface area contributed by atoms with Crippen LogP contribution in [0.3, 0.4) is 0 Å². The average Bonchev–Trinajstić information content (AvgIpc) is 2.50. The van der Waals surface area contributed by atoms with Crippen molar-refractivity contribution in [2.24, 2.45) is 0 Å². The molecule has 1 unspecified atom stereocenters. The zero-order valence-corrected chi connectivity index (χ0v) is 13.4. The van der Waals surface area contributed by atoms with Gasteiger partial charge in [0.25, 0.3) is 0 Å². The van der Waals surface area contributed by atoms with Gasteiger partial charge in [0.1, 0.15) is 0 Å². The fourth-order valence-corrected chi connectivity index (χ4v) is 2.33. The highest BCUT2D eigenvalue weighted by atomic mass is 79.9. The van der Waals surface area contributed by atoms with E-state index in [9.17, 15) is 4.79 Å². The largest absolute Gasteiger partial charge is 0.464 e. The van der Waals surface area contributed by atoms with Crippen LogP contribution in [-0.2, 0) is 20.9 Å². The van der Waals surface area contributed by atoms with Crippen LogP contribution in [0.5, 0.6) is 0 Å². The molecule has 0 aliphatic rings. The first-order valence-electron chi connectivity index (χ1n) is 6.79. The van der Waals surface area contributed by atoms with E-state index in [-0.39, 0.29) is 5.97 Å². The lowest BCUT2D eigenvalue weighted by Crippen LogP contribution is -2.19. The lowest BCUT2D eigenvalue weighted by Gasteiger charge is -2.17. The van der Waals surface area contributed by atoms with Crippen LogP contribution in [0, 0.1) is 0 Å². The van der Waals surface area contributed by atoms with Gasteiger partial charge in [-0.3, -0.25) is 0 Å². The molecule has 0 N–H and O–H groups in total. The standard InChI is InChI=1S/C17H17BrO3/c1-2-20-17(19)16(13-8-4-3-5-9-13)21-12-14-10-6-7-11-15(14)18/h3-11,16H,2,12H2,1H3. The van der Waals surface area contributed by atoms with Gasteiger partial charge in [-0.05, 0) is 24.1 Å². The summed E-state index contributed by atoms with van der Waals surface area (Å²) in [6.45, 7) is 2.45. The maximum atomic E-state index is 12.1. The summed E-state index contributed by atoms with van der Waals surface area (Å²) in [5, 5.41) is 0. The first kappa shape index (κ1) is 15.7. The summed E-state index contributed by atoms with van der Waals surface area (Å²) < 4.78 is 11.9. The Bertz CT molecular complexity index is 584. The number of halogens is 1. The van der Waals surface area contributed by atoms with Crippen LogP contribution in [0.15, 0.2) is 59.1 Å². The minimum absolute atomic E-state index is 0.333. The molecule has 2 rings (SSSR count). The number of carbonyl (C=O) groups excluding carboxylic acids is 1. The predicted molar refractivity (Wildman–Crippen MR) is 84.7 cm³/mol. The molecular weight excluding hydrogens is 332 g/mol. The summed E-state index contributed by atoms with van der Waals surface area (Å²) in [7, 11) is 0. The van der Waals surface area contributed by atoms with Crippen molar-refractivity contribution in [3.05, 3.63) is 70.2 Å². The van der Waals surface area contributed by atoms with Gasteiger partial charge in [-0.2, -0.15) is 0 Å². The van der Waals surface area contributed by atoms with E-state index in [2.05, 4.69) is 15.9 Å². The Hall–Kier alpha value is -1.65. The second kappa shape index (κ2) is 7.96. The molecule has 4 heteroatoms. The van der Waals surface area contributed by atoms with Crippen molar-refractivity contribution in [1.29, 1.82) is 0 Å². The van der Waals surface area contributed by atoms with Gasteiger partial charge < -0.3 is 9.47 Å². The Kier molecular flexibility index (Phi) is 5.96. The summed E-state index contributed by atoms with van der Waals surface area (Å²) >= 11 is 3.47. The van der Waals surface area contributed by atoms with Gasteiger partial charge in [-0.1, -0.05) is 64.5 Å². The van der Waals surface area contributed by atoms with Crippen LogP contribution in [0.4, 0.5) is 0 Å². The fraction of sp³-hybridized carbons (Fsp3) is 0.235. The molecule has 0 saturated carbocycles. The van der Waals surface area contributed by atoms with Crippen molar-refractivity contribution in [2.75, 3.05) is 6.61 Å². The van der Waals surface area contributed by atoms with Crippen LogP contribution >= 0.6 is 15.9 Å². The maximum Gasteiger partial charge on any atom is 0.339 e. The van der Waals surface area contributed by atoms with E-state index >= 15 is 0 Å². The Labute approximate surface area is 133 Å². The van der Waals surface area contributed by atoms with Crippen molar-refractivity contribution >= 4 is 21.9 Å². The number of ether oxygens (including phenoxy) is 2. The van der Waals surface area contributed by atoms with Gasteiger partial charge in [-0.25, -0.2) is 4.79 Å². The van der Waals surface area contributed by atoms with Crippen LogP contribution in [0.25, 0.3) is 0 Å². The molecule has 1 atom stereocenters. The number of carbonyl (C=O) groups is 1. The number of hydrogen-bond acceptors (Lipinski definition) is 3. The van der Waals surface area contributed by atoms with Crippen molar-refractivity contribution in [1.82, 2.24) is 0 Å². The lowest BCUT2D eigenvalue weighted by atomic mass is 10.1. The topological polar surface area (TPSA) is 35.5 Å². The molecule has 0 aromatic heterocycles.